The van der Waals surface area contributed by atoms with Crippen LogP contribution in [0.1, 0.15) is 88.0 Å². The lowest BCUT2D eigenvalue weighted by molar-refractivity contribution is -0.0290. The van der Waals surface area contributed by atoms with Gasteiger partial charge < -0.3 is 9.47 Å². The molecule has 0 amide bonds. The van der Waals surface area contributed by atoms with Crippen molar-refractivity contribution < 1.29 is 9.47 Å². The van der Waals surface area contributed by atoms with Crippen molar-refractivity contribution in [2.45, 2.75) is 98.9 Å². The van der Waals surface area contributed by atoms with E-state index < -0.39 is 0 Å². The Balaban J connectivity index is 3.85. The number of thioether (sulfide) groups is 1. The van der Waals surface area contributed by atoms with Gasteiger partial charge in [-0.3, -0.25) is 0 Å². The minimum Gasteiger partial charge on any atom is -0.376 e. The van der Waals surface area contributed by atoms with Crippen LogP contribution < -0.4 is 0 Å². The summed E-state index contributed by atoms with van der Waals surface area (Å²) in [6.45, 7) is 21.9. The molecule has 0 aromatic heterocycles. The summed E-state index contributed by atoms with van der Waals surface area (Å²) >= 11 is 2.01. The number of hydrogen-bond acceptors (Lipinski definition) is 3. The van der Waals surface area contributed by atoms with E-state index in [0.717, 1.165) is 50.4 Å². The van der Waals surface area contributed by atoms with Gasteiger partial charge in [0.2, 0.25) is 0 Å². The monoisotopic (exact) mass is 392 g/mol. The summed E-state index contributed by atoms with van der Waals surface area (Å²) in [5, 5.41) is -0.100. The maximum atomic E-state index is 6.10. The van der Waals surface area contributed by atoms with E-state index in [1.807, 2.05) is 11.8 Å². The third kappa shape index (κ3) is 17.9. The van der Waals surface area contributed by atoms with Gasteiger partial charge in [0, 0.05) is 13.2 Å². The molecule has 2 atom stereocenters. The molecule has 0 aromatic carbocycles. The van der Waals surface area contributed by atoms with Crippen molar-refractivity contribution in [3.05, 3.63) is 0 Å². The van der Waals surface area contributed by atoms with Crippen molar-refractivity contribution in [3.63, 3.8) is 0 Å². The molecule has 0 heterocycles. The zero-order valence-corrected chi connectivity index (χ0v) is 20.4. The van der Waals surface area contributed by atoms with E-state index in [-0.39, 0.29) is 10.9 Å². The molecule has 0 aliphatic heterocycles. The molecule has 0 fully saturated rings. The van der Waals surface area contributed by atoms with E-state index in [0.29, 0.717) is 10.8 Å². The summed E-state index contributed by atoms with van der Waals surface area (Å²) in [4.78, 5) is 0. The van der Waals surface area contributed by atoms with Gasteiger partial charge in [0.25, 0.3) is 0 Å². The van der Waals surface area contributed by atoms with Crippen LogP contribution in [0.5, 0.6) is 0 Å². The smallest absolute Gasteiger partial charge is 0.0793 e. The second-order valence-corrected chi connectivity index (χ2v) is 12.9. The van der Waals surface area contributed by atoms with Gasteiger partial charge in [-0.15, -0.1) is 9.24 Å². The van der Waals surface area contributed by atoms with Crippen molar-refractivity contribution in [2.24, 2.45) is 10.8 Å². The van der Waals surface area contributed by atoms with E-state index >= 15 is 0 Å². The molecular formula is C21H45O2PS. The third-order valence-electron chi connectivity index (χ3n) is 4.22. The maximum Gasteiger partial charge on any atom is 0.0793 e. The Morgan fingerprint density at radius 1 is 0.640 bits per heavy atom. The zero-order chi connectivity index (χ0) is 19.8. The molecule has 0 aromatic rings. The fourth-order valence-corrected chi connectivity index (χ4v) is 3.92. The first-order valence-corrected chi connectivity index (χ1v) is 11.5. The first-order chi connectivity index (χ1) is 11.1. The number of ether oxygens (including phenoxy) is 2. The molecule has 25 heavy (non-hydrogen) atoms. The highest BCUT2D eigenvalue weighted by Crippen LogP contribution is 2.29. The molecular weight excluding hydrogens is 347 g/mol. The van der Waals surface area contributed by atoms with Gasteiger partial charge in [-0.05, 0) is 68.8 Å². The predicted molar refractivity (Wildman–Crippen MR) is 119 cm³/mol. The van der Waals surface area contributed by atoms with Gasteiger partial charge >= 0.3 is 0 Å². The van der Waals surface area contributed by atoms with Crippen molar-refractivity contribution in [1.82, 2.24) is 0 Å². The molecule has 2 unspecified atom stereocenters. The second kappa shape index (κ2) is 10.9. The number of hydrogen-bond donors (Lipinski definition) is 0. The topological polar surface area (TPSA) is 18.5 Å². The highest BCUT2D eigenvalue weighted by atomic mass is 32.2. The summed E-state index contributed by atoms with van der Waals surface area (Å²) in [5.41, 5.74) is 0.668. The van der Waals surface area contributed by atoms with E-state index in [1.54, 1.807) is 0 Å². The molecule has 4 heteroatoms. The summed E-state index contributed by atoms with van der Waals surface area (Å²) in [5.74, 6) is 2.28. The van der Waals surface area contributed by atoms with Gasteiger partial charge in [0.05, 0.1) is 10.9 Å². The molecule has 0 aliphatic rings. The molecule has 2 nitrogen and oxygen atoms in total. The zero-order valence-electron chi connectivity index (χ0n) is 18.5. The largest absolute Gasteiger partial charge is 0.376 e. The van der Waals surface area contributed by atoms with E-state index in [4.69, 9.17) is 9.47 Å². The lowest BCUT2D eigenvalue weighted by atomic mass is 9.93. The normalized spacial score (nSPS) is 16.1. The highest BCUT2D eigenvalue weighted by molar-refractivity contribution is 7.99. The van der Waals surface area contributed by atoms with Gasteiger partial charge in [0.1, 0.15) is 0 Å². The molecule has 152 valence electrons. The quantitative estimate of drug-likeness (QED) is 0.269. The first-order valence-electron chi connectivity index (χ1n) is 9.77. The van der Waals surface area contributed by atoms with Crippen molar-refractivity contribution in [1.29, 1.82) is 0 Å². The lowest BCUT2D eigenvalue weighted by Gasteiger charge is -2.29. The van der Waals surface area contributed by atoms with Crippen LogP contribution in [0.4, 0.5) is 0 Å². The molecule has 0 radical (unpaired) electrons. The lowest BCUT2D eigenvalue weighted by Crippen LogP contribution is -2.27. The first kappa shape index (κ1) is 25.7. The Morgan fingerprint density at radius 2 is 1.08 bits per heavy atom. The highest BCUT2D eigenvalue weighted by Gasteiger charge is 2.22. The van der Waals surface area contributed by atoms with Crippen LogP contribution >= 0.6 is 21.0 Å². The Morgan fingerprint density at radius 3 is 1.56 bits per heavy atom. The van der Waals surface area contributed by atoms with Gasteiger partial charge in [-0.1, -0.05) is 41.5 Å². The van der Waals surface area contributed by atoms with Crippen LogP contribution in [-0.4, -0.2) is 35.7 Å². The summed E-state index contributed by atoms with van der Waals surface area (Å²) < 4.78 is 12.2. The van der Waals surface area contributed by atoms with Gasteiger partial charge in [-0.25, -0.2) is 0 Å². The molecule has 0 saturated heterocycles. The fourth-order valence-electron chi connectivity index (χ4n) is 2.06. The van der Waals surface area contributed by atoms with Gasteiger partial charge in [-0.2, -0.15) is 11.8 Å². The maximum absolute atomic E-state index is 6.10. The van der Waals surface area contributed by atoms with Crippen LogP contribution in [0.3, 0.4) is 0 Å². The van der Waals surface area contributed by atoms with Crippen LogP contribution in [0.15, 0.2) is 0 Å². The Bertz CT molecular complexity index is 320. The summed E-state index contributed by atoms with van der Waals surface area (Å²) in [7, 11) is 2.89. The molecule has 0 rings (SSSR count). The van der Waals surface area contributed by atoms with Crippen molar-refractivity contribution >= 4 is 21.0 Å². The van der Waals surface area contributed by atoms with E-state index in [2.05, 4.69) is 71.6 Å². The molecule has 0 spiro atoms. The molecule has 0 bridgehead atoms. The number of rotatable bonds is 12. The Kier molecular flexibility index (Phi) is 11.2. The summed E-state index contributed by atoms with van der Waals surface area (Å²) in [6, 6.07) is 0. The van der Waals surface area contributed by atoms with Crippen LogP contribution in [0, 0.1) is 10.8 Å². The molecule has 0 aliphatic carbocycles. The van der Waals surface area contributed by atoms with Crippen molar-refractivity contribution in [2.75, 3.05) is 24.7 Å². The van der Waals surface area contributed by atoms with Crippen LogP contribution in [0.25, 0.3) is 0 Å². The minimum atomic E-state index is -0.100. The van der Waals surface area contributed by atoms with Crippen LogP contribution in [0.2, 0.25) is 0 Å². The SMILES string of the molecule is CC(C)(C)CCOC(C)(C)CCSCCC(C)(P)OCCC(C)(C)C. The van der Waals surface area contributed by atoms with Crippen molar-refractivity contribution in [3.8, 4) is 0 Å². The Hall–Kier alpha value is 0.700. The van der Waals surface area contributed by atoms with Crippen LogP contribution in [-0.2, 0) is 9.47 Å². The average Bonchev–Trinajstić information content (AvgIpc) is 2.34. The Labute approximate surface area is 165 Å². The van der Waals surface area contributed by atoms with E-state index in [9.17, 15) is 0 Å². The van der Waals surface area contributed by atoms with Gasteiger partial charge in [0.15, 0.2) is 0 Å². The predicted octanol–water partition coefficient (Wildman–Crippen LogP) is 6.78. The average molecular weight is 393 g/mol. The summed E-state index contributed by atoms with van der Waals surface area (Å²) in [6.07, 6.45) is 4.38. The molecule has 0 saturated carbocycles. The third-order valence-corrected chi connectivity index (χ3v) is 5.66. The second-order valence-electron chi connectivity index (χ2n) is 10.5. The standard InChI is InChI=1S/C21H45O2PS/c1-18(2,3)10-14-22-20(7,8)12-16-25-17-13-21(9,24)23-15-11-19(4,5)6/h10-17,24H2,1-9H3. The minimum absolute atomic E-state index is 0.0221. The molecule has 0 N–H and O–H groups in total. The van der Waals surface area contributed by atoms with E-state index in [1.165, 1.54) is 0 Å². The fraction of sp³-hybridized carbons (Fsp3) is 1.00.